The van der Waals surface area contributed by atoms with Crippen molar-refractivity contribution in [3.63, 3.8) is 0 Å². The van der Waals surface area contributed by atoms with Crippen LogP contribution in [0.5, 0.6) is 0 Å². The van der Waals surface area contributed by atoms with Crippen LogP contribution in [0.1, 0.15) is 11.1 Å². The van der Waals surface area contributed by atoms with Crippen molar-refractivity contribution in [3.05, 3.63) is 115 Å². The predicted octanol–water partition coefficient (Wildman–Crippen LogP) is 5.76. The third-order valence-corrected chi connectivity index (χ3v) is 4.78. The molecular weight excluding hydrogens is 366 g/mol. The van der Waals surface area contributed by atoms with Crippen molar-refractivity contribution in [3.8, 4) is 34.6 Å². The van der Waals surface area contributed by atoms with Gasteiger partial charge in [-0.3, -0.25) is 9.97 Å². The fraction of sp³-hybridized carbons (Fsp3) is 0. The molecule has 5 rings (SSSR count). The molecule has 0 N–H and O–H groups in total. The third kappa shape index (κ3) is 3.80. The van der Waals surface area contributed by atoms with Crippen molar-refractivity contribution in [2.45, 2.75) is 0 Å². The molecule has 0 aliphatic heterocycles. The summed E-state index contributed by atoms with van der Waals surface area (Å²) < 4.78 is 0. The molecule has 0 bridgehead atoms. The number of fused-ring (bicyclic) bond motifs is 1. The molecule has 0 radical (unpaired) electrons. The first-order chi connectivity index (χ1) is 14.8. The predicted molar refractivity (Wildman–Crippen MR) is 121 cm³/mol. The molecule has 0 atom stereocenters. The zero-order chi connectivity index (χ0) is 20.2. The summed E-state index contributed by atoms with van der Waals surface area (Å²) in [6, 6.07) is 30.1. The Morgan fingerprint density at radius 2 is 1.07 bits per heavy atom. The van der Waals surface area contributed by atoms with Crippen LogP contribution in [-0.2, 0) is 0 Å². The molecule has 0 aliphatic carbocycles. The Balaban J connectivity index is 1.60. The van der Waals surface area contributed by atoms with Gasteiger partial charge in [0, 0.05) is 23.5 Å². The van der Waals surface area contributed by atoms with Crippen LogP contribution in [0.15, 0.2) is 103 Å². The second-order valence-corrected chi connectivity index (χ2v) is 6.87. The van der Waals surface area contributed by atoms with Gasteiger partial charge < -0.3 is 0 Å². The lowest BCUT2D eigenvalue weighted by Gasteiger charge is -2.06. The van der Waals surface area contributed by atoms with Gasteiger partial charge in [0.2, 0.25) is 0 Å². The third-order valence-electron chi connectivity index (χ3n) is 4.78. The van der Waals surface area contributed by atoms with Crippen LogP contribution in [0.4, 0.5) is 0 Å². The molecule has 0 unspecified atom stereocenters. The lowest BCUT2D eigenvalue weighted by atomic mass is 10.1. The first kappa shape index (κ1) is 17.8. The largest absolute Gasteiger partial charge is 0.255 e. The van der Waals surface area contributed by atoms with Gasteiger partial charge in [0.1, 0.15) is 0 Å². The van der Waals surface area contributed by atoms with Crippen LogP contribution in [0, 0.1) is 11.8 Å². The summed E-state index contributed by atoms with van der Waals surface area (Å²) >= 11 is 0. The lowest BCUT2D eigenvalue weighted by molar-refractivity contribution is 1.21. The molecule has 0 saturated heterocycles. The minimum atomic E-state index is 0.779. The van der Waals surface area contributed by atoms with Crippen LogP contribution >= 0.6 is 0 Å². The Bertz CT molecular complexity index is 1320. The highest BCUT2D eigenvalue weighted by Gasteiger charge is 2.08. The number of hydrogen-bond donors (Lipinski definition) is 0. The van der Waals surface area contributed by atoms with Crippen LogP contribution in [-0.4, -0.2) is 15.0 Å². The molecule has 2 aromatic carbocycles. The summed E-state index contributed by atoms with van der Waals surface area (Å²) in [5, 5.41) is 2.39. The minimum Gasteiger partial charge on any atom is -0.255 e. The molecule has 3 aromatic heterocycles. The van der Waals surface area contributed by atoms with Gasteiger partial charge >= 0.3 is 0 Å². The highest BCUT2D eigenvalue weighted by Crippen LogP contribution is 2.22. The maximum absolute atomic E-state index is 4.78. The molecular formula is C27H17N3. The van der Waals surface area contributed by atoms with Gasteiger partial charge in [-0.25, -0.2) is 4.98 Å². The summed E-state index contributed by atoms with van der Waals surface area (Å²) in [7, 11) is 0. The van der Waals surface area contributed by atoms with E-state index in [4.69, 9.17) is 4.98 Å². The summed E-state index contributed by atoms with van der Waals surface area (Å²) in [6.45, 7) is 0. The molecule has 30 heavy (non-hydrogen) atoms. The van der Waals surface area contributed by atoms with Crippen LogP contribution in [0.3, 0.4) is 0 Å². The second kappa shape index (κ2) is 7.98. The quantitative estimate of drug-likeness (QED) is 0.364. The number of nitrogens with zero attached hydrogens (tertiary/aromatic N) is 3. The Labute approximate surface area is 175 Å². The number of aromatic nitrogens is 3. The molecule has 0 aliphatic rings. The maximum atomic E-state index is 4.78. The maximum Gasteiger partial charge on any atom is 0.0906 e. The molecule has 0 spiro atoms. The summed E-state index contributed by atoms with van der Waals surface area (Å²) in [6.07, 6.45) is 3.54. The monoisotopic (exact) mass is 383 g/mol. The standard InChI is InChI=1S/C27H17N3/c1-2-8-23-17-20(13-14-22(23)7-1)11-12-21-18-26(24-9-3-5-15-28-24)30-27(19-21)25-10-4-6-16-29-25/h1-10,13-19H. The van der Waals surface area contributed by atoms with E-state index >= 15 is 0 Å². The zero-order valence-corrected chi connectivity index (χ0v) is 16.2. The van der Waals surface area contributed by atoms with Gasteiger partial charge in [0.05, 0.1) is 22.8 Å². The second-order valence-electron chi connectivity index (χ2n) is 6.87. The highest BCUT2D eigenvalue weighted by molar-refractivity contribution is 5.83. The SMILES string of the molecule is C(#Cc1ccc2ccccc2c1)c1cc(-c2ccccn2)nc(-c2ccccn2)c1. The van der Waals surface area contributed by atoms with E-state index in [1.54, 1.807) is 12.4 Å². The van der Waals surface area contributed by atoms with Crippen LogP contribution in [0.2, 0.25) is 0 Å². The Morgan fingerprint density at radius 3 is 1.70 bits per heavy atom. The van der Waals surface area contributed by atoms with Gasteiger partial charge in [-0.2, -0.15) is 0 Å². The molecule has 3 heteroatoms. The Morgan fingerprint density at radius 1 is 0.467 bits per heavy atom. The van der Waals surface area contributed by atoms with E-state index < -0.39 is 0 Å². The molecule has 3 heterocycles. The van der Waals surface area contributed by atoms with Crippen molar-refractivity contribution < 1.29 is 0 Å². The van der Waals surface area contributed by atoms with Gasteiger partial charge in [0.25, 0.3) is 0 Å². The van der Waals surface area contributed by atoms with Gasteiger partial charge in [0.15, 0.2) is 0 Å². The fourth-order valence-corrected chi connectivity index (χ4v) is 3.31. The van der Waals surface area contributed by atoms with Gasteiger partial charge in [-0.15, -0.1) is 0 Å². The smallest absolute Gasteiger partial charge is 0.0906 e. The number of benzene rings is 2. The highest BCUT2D eigenvalue weighted by atomic mass is 14.8. The van der Waals surface area contributed by atoms with E-state index in [2.05, 4.69) is 52.1 Å². The fourth-order valence-electron chi connectivity index (χ4n) is 3.31. The van der Waals surface area contributed by atoms with Crippen molar-refractivity contribution in [2.75, 3.05) is 0 Å². The van der Waals surface area contributed by atoms with E-state index in [9.17, 15) is 0 Å². The molecule has 0 fully saturated rings. The normalized spacial score (nSPS) is 10.4. The van der Waals surface area contributed by atoms with Crippen molar-refractivity contribution in [1.82, 2.24) is 15.0 Å². The van der Waals surface area contributed by atoms with Crippen LogP contribution < -0.4 is 0 Å². The van der Waals surface area contributed by atoms with E-state index in [-0.39, 0.29) is 0 Å². The topological polar surface area (TPSA) is 38.7 Å². The van der Waals surface area contributed by atoms with Crippen molar-refractivity contribution in [2.24, 2.45) is 0 Å². The number of rotatable bonds is 2. The van der Waals surface area contributed by atoms with E-state index in [0.29, 0.717) is 0 Å². The molecule has 3 nitrogen and oxygen atoms in total. The zero-order valence-electron chi connectivity index (χ0n) is 16.2. The number of pyridine rings is 3. The average Bonchev–Trinajstić information content (AvgIpc) is 2.83. The lowest BCUT2D eigenvalue weighted by Crippen LogP contribution is -1.93. The van der Waals surface area contributed by atoms with E-state index in [1.807, 2.05) is 60.7 Å². The first-order valence-electron chi connectivity index (χ1n) is 9.71. The Kier molecular flexibility index (Phi) is 4.73. The van der Waals surface area contributed by atoms with E-state index in [0.717, 1.165) is 33.9 Å². The first-order valence-corrected chi connectivity index (χ1v) is 9.71. The summed E-state index contributed by atoms with van der Waals surface area (Å²) in [5.74, 6) is 6.59. The Hall–Kier alpha value is -4.29. The summed E-state index contributed by atoms with van der Waals surface area (Å²) in [4.78, 5) is 13.7. The van der Waals surface area contributed by atoms with Gasteiger partial charge in [-0.05, 0) is 59.3 Å². The summed E-state index contributed by atoms with van der Waals surface area (Å²) in [5.41, 5.74) is 5.03. The number of hydrogen-bond acceptors (Lipinski definition) is 3. The average molecular weight is 383 g/mol. The molecule has 140 valence electrons. The minimum absolute atomic E-state index is 0.779. The van der Waals surface area contributed by atoms with Crippen molar-refractivity contribution in [1.29, 1.82) is 0 Å². The molecule has 0 saturated carbocycles. The van der Waals surface area contributed by atoms with Crippen molar-refractivity contribution >= 4 is 10.8 Å². The molecule has 0 amide bonds. The van der Waals surface area contributed by atoms with Gasteiger partial charge in [-0.1, -0.05) is 54.3 Å². The van der Waals surface area contributed by atoms with E-state index in [1.165, 1.54) is 10.8 Å². The van der Waals surface area contributed by atoms with Crippen LogP contribution in [0.25, 0.3) is 33.5 Å². The molecule has 5 aromatic rings.